The van der Waals surface area contributed by atoms with Gasteiger partial charge in [0.2, 0.25) is 5.91 Å². The SMILES string of the molecule is N#C[C@@H]1CC(F)(F)CN1C(=O)CNC(=O)c1cccc(-c2ccc(Cl)cc2)n1. The first kappa shape index (κ1) is 19.7. The van der Waals surface area contributed by atoms with E-state index >= 15 is 0 Å². The summed E-state index contributed by atoms with van der Waals surface area (Å²) < 4.78 is 26.9. The molecule has 3 rings (SSSR count). The molecule has 1 N–H and O–H groups in total. The maximum absolute atomic E-state index is 13.4. The van der Waals surface area contributed by atoms with E-state index in [0.29, 0.717) is 10.7 Å². The van der Waals surface area contributed by atoms with Crippen LogP contribution in [-0.4, -0.2) is 46.8 Å². The molecule has 2 amide bonds. The Bertz CT molecular complexity index is 944. The van der Waals surface area contributed by atoms with Crippen LogP contribution in [0.15, 0.2) is 42.5 Å². The monoisotopic (exact) mass is 404 g/mol. The van der Waals surface area contributed by atoms with Crippen molar-refractivity contribution in [2.75, 3.05) is 13.1 Å². The van der Waals surface area contributed by atoms with Crippen molar-refractivity contribution in [2.24, 2.45) is 0 Å². The van der Waals surface area contributed by atoms with Gasteiger partial charge in [-0.15, -0.1) is 0 Å². The van der Waals surface area contributed by atoms with Crippen LogP contribution in [0.1, 0.15) is 16.9 Å². The standard InChI is InChI=1S/C19H15ClF2N4O2/c20-13-6-4-12(5-7-13)15-2-1-3-16(25-15)18(28)24-10-17(27)26-11-19(21,22)8-14(26)9-23/h1-7,14H,8,10-11H2,(H,24,28)/t14-/m0/s1. The smallest absolute Gasteiger partial charge is 0.270 e. The largest absolute Gasteiger partial charge is 0.342 e. The number of pyridine rings is 1. The summed E-state index contributed by atoms with van der Waals surface area (Å²) in [6.45, 7) is -1.33. The number of carbonyl (C=O) groups excluding carboxylic acids is 2. The van der Waals surface area contributed by atoms with Gasteiger partial charge in [0, 0.05) is 17.0 Å². The number of aromatic nitrogens is 1. The number of amides is 2. The fourth-order valence-electron chi connectivity index (χ4n) is 2.88. The van der Waals surface area contributed by atoms with Crippen molar-refractivity contribution < 1.29 is 18.4 Å². The molecule has 28 heavy (non-hydrogen) atoms. The Balaban J connectivity index is 1.65. The Kier molecular flexibility index (Phi) is 5.56. The summed E-state index contributed by atoms with van der Waals surface area (Å²) in [6, 6.07) is 12.2. The number of rotatable bonds is 4. The van der Waals surface area contributed by atoms with E-state index in [1.807, 2.05) is 0 Å². The second-order valence-corrected chi connectivity index (χ2v) is 6.76. The van der Waals surface area contributed by atoms with Gasteiger partial charge < -0.3 is 10.2 Å². The molecule has 0 saturated carbocycles. The quantitative estimate of drug-likeness (QED) is 0.849. The van der Waals surface area contributed by atoms with E-state index in [1.165, 1.54) is 6.07 Å². The molecule has 1 atom stereocenters. The summed E-state index contributed by atoms with van der Waals surface area (Å²) in [5.41, 5.74) is 1.37. The van der Waals surface area contributed by atoms with E-state index in [1.54, 1.807) is 42.5 Å². The molecule has 144 valence electrons. The van der Waals surface area contributed by atoms with Crippen molar-refractivity contribution >= 4 is 23.4 Å². The van der Waals surface area contributed by atoms with Crippen LogP contribution < -0.4 is 5.32 Å². The van der Waals surface area contributed by atoms with Crippen molar-refractivity contribution in [3.8, 4) is 17.3 Å². The van der Waals surface area contributed by atoms with Crippen molar-refractivity contribution in [1.29, 1.82) is 5.26 Å². The van der Waals surface area contributed by atoms with Gasteiger partial charge in [-0.05, 0) is 24.3 Å². The minimum Gasteiger partial charge on any atom is -0.342 e. The average Bonchev–Trinajstić information content (AvgIpc) is 3.01. The maximum Gasteiger partial charge on any atom is 0.270 e. The Hall–Kier alpha value is -3.05. The van der Waals surface area contributed by atoms with Gasteiger partial charge in [0.05, 0.1) is 24.9 Å². The molecule has 9 heteroatoms. The van der Waals surface area contributed by atoms with Crippen LogP contribution in [0.25, 0.3) is 11.3 Å². The molecule has 0 spiro atoms. The van der Waals surface area contributed by atoms with E-state index in [4.69, 9.17) is 16.9 Å². The first-order chi connectivity index (χ1) is 13.3. The van der Waals surface area contributed by atoms with E-state index < -0.39 is 43.3 Å². The molecular formula is C19H15ClF2N4O2. The molecule has 1 aliphatic rings. The number of hydrogen-bond acceptors (Lipinski definition) is 4. The molecular weight excluding hydrogens is 390 g/mol. The average molecular weight is 405 g/mol. The first-order valence-corrected chi connectivity index (χ1v) is 8.75. The van der Waals surface area contributed by atoms with Crippen molar-refractivity contribution in [3.05, 3.63) is 53.2 Å². The van der Waals surface area contributed by atoms with Crippen LogP contribution in [-0.2, 0) is 4.79 Å². The summed E-state index contributed by atoms with van der Waals surface area (Å²) in [7, 11) is 0. The Labute approximate surface area is 164 Å². The maximum atomic E-state index is 13.4. The lowest BCUT2D eigenvalue weighted by Crippen LogP contribution is -2.43. The summed E-state index contributed by atoms with van der Waals surface area (Å²) in [6.07, 6.45) is -0.701. The fourth-order valence-corrected chi connectivity index (χ4v) is 3.01. The molecule has 0 bridgehead atoms. The van der Waals surface area contributed by atoms with Gasteiger partial charge in [-0.25, -0.2) is 13.8 Å². The summed E-state index contributed by atoms with van der Waals surface area (Å²) in [5.74, 6) is -4.47. The summed E-state index contributed by atoms with van der Waals surface area (Å²) in [4.78, 5) is 29.5. The van der Waals surface area contributed by atoms with Crippen molar-refractivity contribution in [2.45, 2.75) is 18.4 Å². The highest BCUT2D eigenvalue weighted by molar-refractivity contribution is 6.30. The first-order valence-electron chi connectivity index (χ1n) is 8.37. The van der Waals surface area contributed by atoms with E-state index in [2.05, 4.69) is 10.3 Å². The molecule has 1 saturated heterocycles. The molecule has 1 fully saturated rings. The molecule has 0 unspecified atom stereocenters. The zero-order valence-corrected chi connectivity index (χ0v) is 15.3. The van der Waals surface area contributed by atoms with Crippen LogP contribution in [0.5, 0.6) is 0 Å². The Morgan fingerprint density at radius 1 is 1.29 bits per heavy atom. The molecule has 2 aromatic rings. The summed E-state index contributed by atoms with van der Waals surface area (Å²) >= 11 is 5.86. The number of nitrogens with zero attached hydrogens (tertiary/aromatic N) is 3. The van der Waals surface area contributed by atoms with Gasteiger partial charge in [-0.2, -0.15) is 5.26 Å². The zero-order valence-electron chi connectivity index (χ0n) is 14.5. The number of benzene rings is 1. The topological polar surface area (TPSA) is 86.1 Å². The van der Waals surface area contributed by atoms with Gasteiger partial charge in [-0.1, -0.05) is 29.8 Å². The van der Waals surface area contributed by atoms with Crippen LogP contribution in [0.2, 0.25) is 5.02 Å². The highest BCUT2D eigenvalue weighted by Gasteiger charge is 2.47. The second-order valence-electron chi connectivity index (χ2n) is 6.32. The molecule has 6 nitrogen and oxygen atoms in total. The minimum atomic E-state index is -3.10. The van der Waals surface area contributed by atoms with Crippen molar-refractivity contribution in [3.63, 3.8) is 0 Å². The highest BCUT2D eigenvalue weighted by atomic mass is 35.5. The predicted molar refractivity (Wildman–Crippen MR) is 97.7 cm³/mol. The van der Waals surface area contributed by atoms with Crippen LogP contribution in [0.4, 0.5) is 8.78 Å². The van der Waals surface area contributed by atoms with Crippen LogP contribution in [0.3, 0.4) is 0 Å². The number of alkyl halides is 2. The number of nitrogens with one attached hydrogen (secondary N) is 1. The fraction of sp³-hybridized carbons (Fsp3) is 0.263. The lowest BCUT2D eigenvalue weighted by atomic mass is 10.1. The lowest BCUT2D eigenvalue weighted by molar-refractivity contribution is -0.131. The van der Waals surface area contributed by atoms with Gasteiger partial charge in [0.15, 0.2) is 0 Å². The normalized spacial score (nSPS) is 17.8. The van der Waals surface area contributed by atoms with Gasteiger partial charge in [-0.3, -0.25) is 9.59 Å². The van der Waals surface area contributed by atoms with Gasteiger partial charge in [0.25, 0.3) is 11.8 Å². The number of nitriles is 1. The van der Waals surface area contributed by atoms with E-state index in [9.17, 15) is 18.4 Å². The molecule has 1 aromatic carbocycles. The zero-order chi connectivity index (χ0) is 20.3. The van der Waals surface area contributed by atoms with Crippen molar-refractivity contribution in [1.82, 2.24) is 15.2 Å². The second kappa shape index (κ2) is 7.90. The Morgan fingerprint density at radius 3 is 2.68 bits per heavy atom. The van der Waals surface area contributed by atoms with Gasteiger partial charge in [0.1, 0.15) is 11.7 Å². The van der Waals surface area contributed by atoms with Gasteiger partial charge >= 0.3 is 0 Å². The third kappa shape index (κ3) is 4.43. The number of likely N-dealkylation sites (tertiary alicyclic amines) is 1. The molecule has 0 radical (unpaired) electrons. The van der Waals surface area contributed by atoms with Crippen LogP contribution >= 0.6 is 11.6 Å². The predicted octanol–water partition coefficient (Wildman–Crippen LogP) is 2.89. The molecule has 1 aromatic heterocycles. The third-order valence-electron chi connectivity index (χ3n) is 4.26. The molecule has 1 aliphatic heterocycles. The number of halogens is 3. The van der Waals surface area contributed by atoms with E-state index in [-0.39, 0.29) is 5.69 Å². The lowest BCUT2D eigenvalue weighted by Gasteiger charge is -2.19. The minimum absolute atomic E-state index is 0.0730. The number of hydrogen-bond donors (Lipinski definition) is 1. The highest BCUT2D eigenvalue weighted by Crippen LogP contribution is 2.31. The number of carbonyl (C=O) groups is 2. The molecule has 2 heterocycles. The molecule has 0 aliphatic carbocycles. The van der Waals surface area contributed by atoms with Crippen LogP contribution in [0, 0.1) is 11.3 Å². The Morgan fingerprint density at radius 2 is 2.00 bits per heavy atom. The van der Waals surface area contributed by atoms with E-state index in [0.717, 1.165) is 10.5 Å². The summed E-state index contributed by atoms with van der Waals surface area (Å²) in [5, 5.41) is 11.9. The third-order valence-corrected chi connectivity index (χ3v) is 4.51.